The molecule has 0 radical (unpaired) electrons. The highest BCUT2D eigenvalue weighted by molar-refractivity contribution is 5.86. The molecule has 2 aromatic rings. The van der Waals surface area contributed by atoms with Crippen LogP contribution >= 0.6 is 0 Å². The molecule has 1 aliphatic heterocycles. The van der Waals surface area contributed by atoms with Gasteiger partial charge in [-0.2, -0.15) is 0 Å². The van der Waals surface area contributed by atoms with Crippen LogP contribution in [0.1, 0.15) is 12.0 Å². The summed E-state index contributed by atoms with van der Waals surface area (Å²) in [7, 11) is 2.95. The van der Waals surface area contributed by atoms with E-state index in [0.717, 1.165) is 11.3 Å². The normalized spacial score (nSPS) is 14.7. The van der Waals surface area contributed by atoms with Crippen LogP contribution in [0.2, 0.25) is 0 Å². The maximum atomic E-state index is 13.0. The quantitative estimate of drug-likeness (QED) is 0.684. The Morgan fingerprint density at radius 1 is 1.18 bits per heavy atom. The number of nitrogens with zero attached hydrogens (tertiary/aromatic N) is 3. The van der Waals surface area contributed by atoms with E-state index in [2.05, 4.69) is 20.0 Å². The molecule has 8 nitrogen and oxygen atoms in total. The Kier molecular flexibility index (Phi) is 6.08. The van der Waals surface area contributed by atoms with E-state index in [1.807, 2.05) is 29.2 Å². The molecule has 1 N–H and O–H groups in total. The number of carbonyl (C=O) groups excluding carboxylic acids is 2. The number of amides is 1. The minimum absolute atomic E-state index is 0.0913. The number of methoxy groups -OCH3 is 2. The molecule has 1 saturated heterocycles. The van der Waals surface area contributed by atoms with Gasteiger partial charge >= 0.3 is 5.97 Å². The van der Waals surface area contributed by atoms with Crippen molar-refractivity contribution in [2.45, 2.75) is 12.8 Å². The van der Waals surface area contributed by atoms with E-state index >= 15 is 0 Å². The Morgan fingerprint density at radius 3 is 2.61 bits per heavy atom. The number of aromatic nitrogens is 2. The van der Waals surface area contributed by atoms with Crippen molar-refractivity contribution in [2.75, 3.05) is 38.8 Å². The highest BCUT2D eigenvalue weighted by Gasteiger charge is 2.50. The van der Waals surface area contributed by atoms with Gasteiger partial charge in [-0.05, 0) is 30.2 Å². The van der Waals surface area contributed by atoms with Gasteiger partial charge < -0.3 is 19.7 Å². The van der Waals surface area contributed by atoms with Crippen LogP contribution in [0.15, 0.2) is 42.7 Å². The average Bonchev–Trinajstić information content (AvgIpc) is 2.70. The van der Waals surface area contributed by atoms with Gasteiger partial charge in [0.2, 0.25) is 11.9 Å². The van der Waals surface area contributed by atoms with Crippen LogP contribution in [0, 0.1) is 5.41 Å². The summed E-state index contributed by atoms with van der Waals surface area (Å²) < 4.78 is 9.92. The summed E-state index contributed by atoms with van der Waals surface area (Å²) in [5.41, 5.74) is 0.387. The van der Waals surface area contributed by atoms with Gasteiger partial charge in [0.25, 0.3) is 0 Å². The summed E-state index contributed by atoms with van der Waals surface area (Å²) in [5, 5.41) is 2.87. The zero-order valence-corrected chi connectivity index (χ0v) is 16.1. The van der Waals surface area contributed by atoms with E-state index in [1.54, 1.807) is 25.6 Å². The topological polar surface area (TPSA) is 93.6 Å². The van der Waals surface area contributed by atoms with Crippen molar-refractivity contribution in [3.63, 3.8) is 0 Å². The molecule has 0 bridgehead atoms. The molecule has 1 aliphatic rings. The van der Waals surface area contributed by atoms with Crippen LogP contribution in [0.3, 0.4) is 0 Å². The molecular formula is C20H24N4O4. The van der Waals surface area contributed by atoms with E-state index in [9.17, 15) is 9.59 Å². The molecule has 2 heterocycles. The molecule has 1 amide bonds. The molecule has 0 aliphatic carbocycles. The number of carbonyl (C=O) groups is 2. The minimum atomic E-state index is -0.623. The fraction of sp³-hybridized carbons (Fsp3) is 0.400. The molecule has 1 fully saturated rings. The first-order chi connectivity index (χ1) is 13.6. The van der Waals surface area contributed by atoms with Crippen molar-refractivity contribution in [1.29, 1.82) is 0 Å². The Hall–Kier alpha value is -3.16. The predicted molar refractivity (Wildman–Crippen MR) is 103 cm³/mol. The Labute approximate surface area is 163 Å². The fourth-order valence-electron chi connectivity index (χ4n) is 3.36. The molecule has 1 aromatic heterocycles. The number of benzene rings is 1. The third-order valence-electron chi connectivity index (χ3n) is 4.82. The van der Waals surface area contributed by atoms with Crippen molar-refractivity contribution in [3.8, 4) is 5.75 Å². The zero-order valence-electron chi connectivity index (χ0n) is 16.1. The largest absolute Gasteiger partial charge is 0.497 e. The van der Waals surface area contributed by atoms with E-state index in [0.29, 0.717) is 25.5 Å². The van der Waals surface area contributed by atoms with Gasteiger partial charge in [0.1, 0.15) is 5.75 Å². The maximum Gasteiger partial charge on any atom is 0.307 e. The van der Waals surface area contributed by atoms with Gasteiger partial charge in [0.05, 0.1) is 26.1 Å². The highest BCUT2D eigenvalue weighted by atomic mass is 16.5. The first-order valence-corrected chi connectivity index (χ1v) is 9.06. The third kappa shape index (κ3) is 4.39. The van der Waals surface area contributed by atoms with Crippen LogP contribution in [0.5, 0.6) is 5.75 Å². The van der Waals surface area contributed by atoms with Gasteiger partial charge in [0, 0.05) is 32.0 Å². The van der Waals surface area contributed by atoms with Crippen LogP contribution in [0.25, 0.3) is 0 Å². The lowest BCUT2D eigenvalue weighted by atomic mass is 9.74. The Balaban J connectivity index is 1.73. The lowest BCUT2D eigenvalue weighted by Crippen LogP contribution is -2.65. The maximum absolute atomic E-state index is 13.0. The Bertz CT molecular complexity index is 822. The number of ether oxygens (including phenoxy) is 2. The molecule has 0 saturated carbocycles. The zero-order chi connectivity index (χ0) is 20.0. The van der Waals surface area contributed by atoms with Gasteiger partial charge in [-0.15, -0.1) is 0 Å². The van der Waals surface area contributed by atoms with Crippen LogP contribution in [-0.2, 0) is 20.7 Å². The van der Waals surface area contributed by atoms with Crippen molar-refractivity contribution < 1.29 is 19.1 Å². The van der Waals surface area contributed by atoms with E-state index < -0.39 is 5.41 Å². The highest BCUT2D eigenvalue weighted by Crippen LogP contribution is 2.37. The minimum Gasteiger partial charge on any atom is -0.497 e. The lowest BCUT2D eigenvalue weighted by Gasteiger charge is -2.49. The third-order valence-corrected chi connectivity index (χ3v) is 4.82. The molecule has 148 valence electrons. The molecular weight excluding hydrogens is 360 g/mol. The molecule has 3 rings (SSSR count). The van der Waals surface area contributed by atoms with Crippen LogP contribution in [-0.4, -0.2) is 55.7 Å². The summed E-state index contributed by atoms with van der Waals surface area (Å²) in [6.07, 6.45) is 4.06. The van der Waals surface area contributed by atoms with Crippen molar-refractivity contribution in [3.05, 3.63) is 48.3 Å². The van der Waals surface area contributed by atoms with Crippen molar-refractivity contribution >= 4 is 17.8 Å². The molecule has 28 heavy (non-hydrogen) atoms. The number of hydrogen-bond acceptors (Lipinski definition) is 7. The summed E-state index contributed by atoms with van der Waals surface area (Å²) in [6, 6.07) is 9.45. The second-order valence-electron chi connectivity index (χ2n) is 6.80. The monoisotopic (exact) mass is 384 g/mol. The van der Waals surface area contributed by atoms with Gasteiger partial charge in [-0.3, -0.25) is 9.59 Å². The lowest BCUT2D eigenvalue weighted by molar-refractivity contribution is -0.140. The number of esters is 1. The Morgan fingerprint density at radius 2 is 1.93 bits per heavy atom. The van der Waals surface area contributed by atoms with E-state index in [-0.39, 0.29) is 24.8 Å². The number of hydrogen-bond donors (Lipinski definition) is 1. The number of anilines is 1. The number of nitrogens with one attached hydrogen (secondary N) is 1. The SMILES string of the molecule is COC(=O)CCNC(=O)C1(Cc2cccc(OC)c2)CN(c2ncccn2)C1. The summed E-state index contributed by atoms with van der Waals surface area (Å²) in [4.78, 5) is 34.8. The summed E-state index contributed by atoms with van der Waals surface area (Å²) in [6.45, 7) is 1.24. The smallest absolute Gasteiger partial charge is 0.307 e. The molecule has 8 heteroatoms. The number of rotatable bonds is 8. The van der Waals surface area contributed by atoms with E-state index in [1.165, 1.54) is 7.11 Å². The molecule has 1 aromatic carbocycles. The molecule has 0 unspecified atom stereocenters. The first-order valence-electron chi connectivity index (χ1n) is 9.06. The standard InChI is InChI=1S/C20H24N4O4/c1-27-16-6-3-5-15(11-16)12-20(18(26)21-10-7-17(25)28-2)13-24(14-20)19-22-8-4-9-23-19/h3-6,8-9,11H,7,10,12-14H2,1-2H3,(H,21,26). The van der Waals surface area contributed by atoms with Gasteiger partial charge in [-0.1, -0.05) is 12.1 Å². The predicted octanol–water partition coefficient (Wildman–Crippen LogP) is 1.21. The first kappa shape index (κ1) is 19.6. The fourth-order valence-corrected chi connectivity index (χ4v) is 3.36. The molecule has 0 atom stereocenters. The second-order valence-corrected chi connectivity index (χ2v) is 6.80. The second kappa shape index (κ2) is 8.69. The van der Waals surface area contributed by atoms with Crippen LogP contribution in [0.4, 0.5) is 5.95 Å². The summed E-state index contributed by atoms with van der Waals surface area (Å²) >= 11 is 0. The average molecular weight is 384 g/mol. The van der Waals surface area contributed by atoms with Gasteiger partial charge in [0.15, 0.2) is 0 Å². The molecule has 0 spiro atoms. The van der Waals surface area contributed by atoms with E-state index in [4.69, 9.17) is 4.74 Å². The summed E-state index contributed by atoms with van der Waals surface area (Å²) in [5.74, 6) is 0.911. The van der Waals surface area contributed by atoms with Crippen molar-refractivity contribution in [2.24, 2.45) is 5.41 Å². The van der Waals surface area contributed by atoms with Crippen LogP contribution < -0.4 is 15.0 Å². The van der Waals surface area contributed by atoms with Gasteiger partial charge in [-0.25, -0.2) is 9.97 Å². The van der Waals surface area contributed by atoms with Crippen molar-refractivity contribution in [1.82, 2.24) is 15.3 Å².